The molecule has 0 aliphatic rings. The fraction of sp³-hybridized carbons (Fsp3) is 0.0833. The van der Waals surface area contributed by atoms with E-state index in [-0.39, 0.29) is 5.57 Å². The largest absolute Gasteiger partial charge is 0.449 e. The van der Waals surface area contributed by atoms with E-state index in [1.165, 1.54) is 17.8 Å². The highest BCUT2D eigenvalue weighted by Crippen LogP contribution is 2.36. The van der Waals surface area contributed by atoms with Crippen molar-refractivity contribution in [2.45, 2.75) is 16.4 Å². The van der Waals surface area contributed by atoms with Gasteiger partial charge in [-0.05, 0) is 64.3 Å². The van der Waals surface area contributed by atoms with Crippen molar-refractivity contribution in [1.82, 2.24) is 10.3 Å². The highest BCUT2D eigenvalue weighted by atomic mass is 79.9. The second-order valence-electron chi connectivity index (χ2n) is 6.88. The average molecular weight is 527 g/mol. The van der Waals surface area contributed by atoms with Crippen molar-refractivity contribution in [2.75, 3.05) is 6.54 Å². The molecule has 0 unspecified atom stereocenters. The van der Waals surface area contributed by atoms with Crippen molar-refractivity contribution in [1.29, 1.82) is 5.26 Å². The minimum atomic E-state index is -0.438. The first kappa shape index (κ1) is 22.3. The Labute approximate surface area is 202 Å². The number of nitriles is 1. The van der Waals surface area contributed by atoms with Gasteiger partial charge in [-0.3, -0.25) is 4.79 Å². The highest BCUT2D eigenvalue weighted by molar-refractivity contribution is 9.10. The molecule has 4 rings (SSSR count). The molecular weight excluding hydrogens is 510 g/mol. The molecule has 0 saturated heterocycles. The van der Waals surface area contributed by atoms with E-state index in [0.717, 1.165) is 25.8 Å². The minimum Gasteiger partial charge on any atom is -0.449 e. The second kappa shape index (κ2) is 10.1. The van der Waals surface area contributed by atoms with Gasteiger partial charge in [0.05, 0.1) is 4.47 Å². The van der Waals surface area contributed by atoms with E-state index >= 15 is 0 Å². The van der Waals surface area contributed by atoms with Crippen LogP contribution in [0, 0.1) is 11.3 Å². The molecule has 0 fully saturated rings. The maximum atomic E-state index is 12.5. The summed E-state index contributed by atoms with van der Waals surface area (Å²) in [6.45, 7) is 0.416. The normalized spacial score (nSPS) is 11.5. The molecule has 1 amide bonds. The lowest BCUT2D eigenvalue weighted by Crippen LogP contribution is -2.26. The van der Waals surface area contributed by atoms with Gasteiger partial charge in [-0.25, -0.2) is 0 Å². The molecule has 2 heterocycles. The van der Waals surface area contributed by atoms with Crippen molar-refractivity contribution < 1.29 is 9.21 Å². The smallest absolute Gasteiger partial charge is 0.262 e. The number of carbonyl (C=O) groups excluding carboxylic acids is 1. The van der Waals surface area contributed by atoms with Gasteiger partial charge in [0, 0.05) is 39.6 Å². The van der Waals surface area contributed by atoms with Crippen LogP contribution in [-0.2, 0) is 11.2 Å². The molecule has 2 N–H and O–H groups in total. The Morgan fingerprint density at radius 1 is 1.25 bits per heavy atom. The molecule has 5 nitrogen and oxygen atoms in total. The lowest BCUT2D eigenvalue weighted by molar-refractivity contribution is -0.117. The van der Waals surface area contributed by atoms with Gasteiger partial charge in [-0.2, -0.15) is 5.26 Å². The van der Waals surface area contributed by atoms with Crippen LogP contribution in [0.15, 0.2) is 85.2 Å². The molecule has 0 atom stereocenters. The van der Waals surface area contributed by atoms with Crippen molar-refractivity contribution >= 4 is 62.2 Å². The Morgan fingerprint density at radius 3 is 2.81 bits per heavy atom. The molecule has 0 aliphatic heterocycles. The summed E-state index contributed by atoms with van der Waals surface area (Å²) in [5, 5.41) is 14.7. The summed E-state index contributed by atoms with van der Waals surface area (Å²) in [6.07, 6.45) is 4.04. The Bertz CT molecular complexity index is 1340. The van der Waals surface area contributed by atoms with Crippen LogP contribution in [0.1, 0.15) is 11.3 Å². The number of hydrogen-bond acceptors (Lipinski definition) is 4. The number of aromatic nitrogens is 1. The minimum absolute atomic E-state index is 0.0202. The number of carbonyl (C=O) groups is 1. The number of halogens is 2. The van der Waals surface area contributed by atoms with E-state index in [1.807, 2.05) is 48.7 Å². The predicted molar refractivity (Wildman–Crippen MR) is 131 cm³/mol. The number of nitrogens with zero attached hydrogens (tertiary/aromatic N) is 1. The number of H-pyrrole nitrogens is 1. The van der Waals surface area contributed by atoms with Crippen LogP contribution in [-0.4, -0.2) is 17.4 Å². The summed E-state index contributed by atoms with van der Waals surface area (Å²) >= 11 is 10.8. The summed E-state index contributed by atoms with van der Waals surface area (Å²) in [5.74, 6) is -0.0246. The Hall–Kier alpha value is -2.92. The van der Waals surface area contributed by atoms with Crippen LogP contribution in [0.4, 0.5) is 0 Å². The number of hydrogen-bond donors (Lipinski definition) is 2. The maximum absolute atomic E-state index is 12.5. The fourth-order valence-corrected chi connectivity index (χ4v) is 4.61. The molecule has 4 aromatic rings. The van der Waals surface area contributed by atoms with Gasteiger partial charge in [0.15, 0.2) is 5.09 Å². The fourth-order valence-electron chi connectivity index (χ4n) is 3.15. The van der Waals surface area contributed by atoms with E-state index in [2.05, 4.69) is 26.2 Å². The summed E-state index contributed by atoms with van der Waals surface area (Å²) in [7, 11) is 0. The zero-order valence-corrected chi connectivity index (χ0v) is 19.9. The van der Waals surface area contributed by atoms with Gasteiger partial charge in [-0.1, -0.05) is 41.6 Å². The first-order valence-corrected chi connectivity index (χ1v) is 11.7. The predicted octanol–water partition coefficient (Wildman–Crippen LogP) is 6.59. The van der Waals surface area contributed by atoms with E-state index < -0.39 is 5.91 Å². The maximum Gasteiger partial charge on any atom is 0.262 e. The number of rotatable bonds is 7. The number of amides is 1. The Morgan fingerprint density at radius 2 is 2.03 bits per heavy atom. The lowest BCUT2D eigenvalue weighted by atomic mass is 10.1. The van der Waals surface area contributed by atoms with Crippen LogP contribution in [0.25, 0.3) is 17.0 Å². The quantitative estimate of drug-likeness (QED) is 0.210. The van der Waals surface area contributed by atoms with Crippen molar-refractivity contribution in [2.24, 2.45) is 0 Å². The zero-order chi connectivity index (χ0) is 22.5. The highest BCUT2D eigenvalue weighted by Gasteiger charge is 2.14. The van der Waals surface area contributed by atoms with Crippen molar-refractivity contribution in [3.05, 3.63) is 87.2 Å². The zero-order valence-electron chi connectivity index (χ0n) is 16.7. The number of aromatic amines is 1. The Balaban J connectivity index is 1.40. The first-order valence-electron chi connectivity index (χ1n) is 9.71. The van der Waals surface area contributed by atoms with Crippen LogP contribution in [0.2, 0.25) is 5.02 Å². The van der Waals surface area contributed by atoms with Gasteiger partial charge in [-0.15, -0.1) is 0 Å². The molecule has 0 bridgehead atoms. The molecule has 0 spiro atoms. The van der Waals surface area contributed by atoms with E-state index in [1.54, 1.807) is 18.2 Å². The average Bonchev–Trinajstić information content (AvgIpc) is 3.36. The summed E-state index contributed by atoms with van der Waals surface area (Å²) in [4.78, 5) is 16.7. The SMILES string of the molecule is N#CC(=Cc1cc(Br)c(Sc2ccc(Cl)cc2)o1)C(=O)NCCc1c[nH]c2ccccc12. The van der Waals surface area contributed by atoms with Crippen LogP contribution in [0.5, 0.6) is 0 Å². The lowest BCUT2D eigenvalue weighted by Gasteiger charge is -2.03. The third kappa shape index (κ3) is 5.28. The van der Waals surface area contributed by atoms with Crippen LogP contribution in [0.3, 0.4) is 0 Å². The summed E-state index contributed by atoms with van der Waals surface area (Å²) < 4.78 is 6.55. The Kier molecular flexibility index (Phi) is 7.05. The summed E-state index contributed by atoms with van der Waals surface area (Å²) in [6, 6.07) is 19.1. The summed E-state index contributed by atoms with van der Waals surface area (Å²) in [5.41, 5.74) is 2.15. The van der Waals surface area contributed by atoms with E-state index in [0.29, 0.717) is 28.8 Å². The molecule has 32 heavy (non-hydrogen) atoms. The number of fused-ring (bicyclic) bond motifs is 1. The number of furan rings is 1. The first-order chi connectivity index (χ1) is 15.5. The molecule has 0 aliphatic carbocycles. The van der Waals surface area contributed by atoms with Gasteiger partial charge in [0.1, 0.15) is 17.4 Å². The topological polar surface area (TPSA) is 81.8 Å². The molecule has 8 heteroatoms. The molecule has 2 aromatic carbocycles. The number of nitrogens with one attached hydrogen (secondary N) is 2. The third-order valence-electron chi connectivity index (χ3n) is 4.71. The van der Waals surface area contributed by atoms with E-state index in [9.17, 15) is 10.1 Å². The van der Waals surface area contributed by atoms with Crippen LogP contribution >= 0.6 is 39.3 Å². The van der Waals surface area contributed by atoms with Gasteiger partial charge in [0.25, 0.3) is 5.91 Å². The van der Waals surface area contributed by atoms with Gasteiger partial charge >= 0.3 is 0 Å². The van der Waals surface area contributed by atoms with Crippen molar-refractivity contribution in [3.8, 4) is 6.07 Å². The molecular formula is C24H17BrClN3O2S. The molecule has 0 radical (unpaired) electrons. The second-order valence-corrected chi connectivity index (χ2v) is 9.21. The molecule has 0 saturated carbocycles. The number of para-hydroxylation sites is 1. The molecule has 160 valence electrons. The van der Waals surface area contributed by atoms with Gasteiger partial charge < -0.3 is 14.7 Å². The van der Waals surface area contributed by atoms with Gasteiger partial charge in [0.2, 0.25) is 0 Å². The third-order valence-corrected chi connectivity index (χ3v) is 6.81. The van der Waals surface area contributed by atoms with Crippen molar-refractivity contribution in [3.63, 3.8) is 0 Å². The molecule has 2 aromatic heterocycles. The monoisotopic (exact) mass is 525 g/mol. The van der Waals surface area contributed by atoms with Crippen LogP contribution < -0.4 is 5.32 Å². The standard InChI is InChI=1S/C24H17BrClN3O2S/c25-21-12-18(31-24(21)32-19-7-5-17(26)6-8-19)11-16(13-27)23(30)28-10-9-15-14-29-22-4-2-1-3-20(15)22/h1-8,11-12,14,29H,9-10H2,(H,28,30). The van der Waals surface area contributed by atoms with E-state index in [4.69, 9.17) is 16.0 Å². The number of benzene rings is 2.